The molecule has 2 nitrogen and oxygen atoms in total. The molecule has 1 atom stereocenters. The minimum absolute atomic E-state index is 0.347. The number of aliphatic hydroxyl groups is 1. The van der Waals surface area contributed by atoms with Gasteiger partial charge in [-0.1, -0.05) is 13.3 Å². The van der Waals surface area contributed by atoms with E-state index in [9.17, 15) is 0 Å². The van der Waals surface area contributed by atoms with E-state index in [0.717, 1.165) is 12.8 Å². The van der Waals surface area contributed by atoms with E-state index in [-0.39, 0.29) is 0 Å². The molecule has 0 radical (unpaired) electrons. The largest absolute Gasteiger partial charge is 0.396 e. The first-order valence-corrected chi connectivity index (χ1v) is 5.69. The zero-order valence-corrected chi connectivity index (χ0v) is 8.81. The molecule has 0 aliphatic carbocycles. The van der Waals surface area contributed by atoms with Crippen molar-refractivity contribution < 1.29 is 5.11 Å². The molecule has 0 spiro atoms. The third-order valence-corrected chi connectivity index (χ3v) is 3.32. The van der Waals surface area contributed by atoms with Gasteiger partial charge in [-0.25, -0.2) is 0 Å². The predicted octanol–water partition coefficient (Wildman–Crippen LogP) is 2.07. The summed E-state index contributed by atoms with van der Waals surface area (Å²) >= 11 is 0. The second-order valence-corrected chi connectivity index (χ2v) is 4.20. The van der Waals surface area contributed by atoms with Gasteiger partial charge in [-0.3, -0.25) is 0 Å². The summed E-state index contributed by atoms with van der Waals surface area (Å²) in [7, 11) is 0. The summed E-state index contributed by atoms with van der Waals surface area (Å²) in [6, 6.07) is 0. The van der Waals surface area contributed by atoms with E-state index >= 15 is 0 Å². The summed E-state index contributed by atoms with van der Waals surface area (Å²) in [5, 5.41) is 12.4. The van der Waals surface area contributed by atoms with Gasteiger partial charge in [0.05, 0.1) is 0 Å². The average molecular weight is 185 g/mol. The molecule has 0 aromatic heterocycles. The van der Waals surface area contributed by atoms with Crippen molar-refractivity contribution in [2.45, 2.75) is 57.4 Å². The maximum Gasteiger partial charge on any atom is 0.0431 e. The first-order chi connectivity index (χ1) is 6.33. The van der Waals surface area contributed by atoms with Crippen LogP contribution in [0.3, 0.4) is 0 Å². The predicted molar refractivity (Wildman–Crippen MR) is 55.8 cm³/mol. The quantitative estimate of drug-likeness (QED) is 0.643. The molecule has 0 aromatic rings. The molecule has 1 unspecified atom stereocenters. The highest BCUT2D eigenvalue weighted by Crippen LogP contribution is 2.27. The van der Waals surface area contributed by atoms with Crippen LogP contribution in [0.1, 0.15) is 51.9 Å². The zero-order chi connectivity index (χ0) is 9.57. The normalized spacial score (nSPS) is 29.1. The van der Waals surface area contributed by atoms with Crippen LogP contribution in [0, 0.1) is 0 Å². The molecule has 1 rings (SSSR count). The Morgan fingerprint density at radius 3 is 2.69 bits per heavy atom. The van der Waals surface area contributed by atoms with Crippen molar-refractivity contribution in [2.75, 3.05) is 13.2 Å². The van der Waals surface area contributed by atoms with Gasteiger partial charge in [0.15, 0.2) is 0 Å². The van der Waals surface area contributed by atoms with Crippen LogP contribution in [0.2, 0.25) is 0 Å². The van der Waals surface area contributed by atoms with Crippen molar-refractivity contribution >= 4 is 0 Å². The first kappa shape index (κ1) is 11.0. The van der Waals surface area contributed by atoms with E-state index in [1.165, 1.54) is 38.6 Å². The third-order valence-electron chi connectivity index (χ3n) is 3.32. The molecule has 78 valence electrons. The van der Waals surface area contributed by atoms with Crippen LogP contribution in [-0.2, 0) is 0 Å². The van der Waals surface area contributed by atoms with Crippen LogP contribution in [-0.4, -0.2) is 23.8 Å². The van der Waals surface area contributed by atoms with Gasteiger partial charge in [0.1, 0.15) is 0 Å². The van der Waals surface area contributed by atoms with Gasteiger partial charge in [0.25, 0.3) is 0 Å². The van der Waals surface area contributed by atoms with Gasteiger partial charge in [0.2, 0.25) is 0 Å². The Balaban J connectivity index is 2.29. The lowest BCUT2D eigenvalue weighted by Crippen LogP contribution is -2.47. The maximum absolute atomic E-state index is 8.73. The molecule has 2 heteroatoms. The van der Waals surface area contributed by atoms with Crippen molar-refractivity contribution in [3.63, 3.8) is 0 Å². The van der Waals surface area contributed by atoms with Crippen molar-refractivity contribution in [1.29, 1.82) is 0 Å². The minimum Gasteiger partial charge on any atom is -0.396 e. The molecule has 1 saturated heterocycles. The average Bonchev–Trinajstić information content (AvgIpc) is 2.20. The van der Waals surface area contributed by atoms with E-state index in [1.807, 2.05) is 0 Å². The molecule has 0 amide bonds. The minimum atomic E-state index is 0.347. The van der Waals surface area contributed by atoms with E-state index < -0.39 is 0 Å². The van der Waals surface area contributed by atoms with Crippen LogP contribution in [0.4, 0.5) is 0 Å². The fraction of sp³-hybridized carbons (Fsp3) is 1.00. The topological polar surface area (TPSA) is 32.3 Å². The number of piperidine rings is 1. The first-order valence-electron chi connectivity index (χ1n) is 5.69. The number of rotatable bonds is 5. The highest BCUT2D eigenvalue weighted by atomic mass is 16.2. The SMILES string of the molecule is CCC1(CCCCO)CCCCN1. The lowest BCUT2D eigenvalue weighted by molar-refractivity contribution is 0.211. The second-order valence-electron chi connectivity index (χ2n) is 4.20. The van der Waals surface area contributed by atoms with Gasteiger partial charge in [-0.15, -0.1) is 0 Å². The summed E-state index contributed by atoms with van der Waals surface area (Å²) in [6.45, 7) is 3.81. The fourth-order valence-electron chi connectivity index (χ4n) is 2.30. The smallest absolute Gasteiger partial charge is 0.0431 e. The van der Waals surface area contributed by atoms with Crippen LogP contribution in [0.5, 0.6) is 0 Å². The van der Waals surface area contributed by atoms with Gasteiger partial charge < -0.3 is 10.4 Å². The van der Waals surface area contributed by atoms with Gasteiger partial charge in [-0.05, 0) is 45.1 Å². The summed E-state index contributed by atoms with van der Waals surface area (Å²) in [6.07, 6.45) is 8.64. The molecule has 13 heavy (non-hydrogen) atoms. The van der Waals surface area contributed by atoms with Crippen LogP contribution in [0.15, 0.2) is 0 Å². The Morgan fingerprint density at radius 2 is 2.15 bits per heavy atom. The summed E-state index contributed by atoms with van der Waals surface area (Å²) < 4.78 is 0. The molecule has 1 fully saturated rings. The Kier molecular flexibility index (Phi) is 4.74. The Hall–Kier alpha value is -0.0800. The summed E-state index contributed by atoms with van der Waals surface area (Å²) in [4.78, 5) is 0. The highest BCUT2D eigenvalue weighted by molar-refractivity contribution is 4.89. The summed E-state index contributed by atoms with van der Waals surface area (Å²) in [5.41, 5.74) is 0.410. The van der Waals surface area contributed by atoms with Crippen molar-refractivity contribution in [2.24, 2.45) is 0 Å². The van der Waals surface area contributed by atoms with E-state index in [2.05, 4.69) is 12.2 Å². The summed E-state index contributed by atoms with van der Waals surface area (Å²) in [5.74, 6) is 0. The lowest BCUT2D eigenvalue weighted by atomic mass is 9.82. The van der Waals surface area contributed by atoms with E-state index in [0.29, 0.717) is 12.1 Å². The van der Waals surface area contributed by atoms with Gasteiger partial charge in [0, 0.05) is 12.1 Å². The molecule has 0 saturated carbocycles. The number of nitrogens with one attached hydrogen (secondary N) is 1. The monoisotopic (exact) mass is 185 g/mol. The Bertz CT molecular complexity index is 130. The van der Waals surface area contributed by atoms with E-state index in [1.54, 1.807) is 0 Å². The van der Waals surface area contributed by atoms with Crippen LogP contribution < -0.4 is 5.32 Å². The molecule has 1 aliphatic rings. The molecule has 1 heterocycles. The van der Waals surface area contributed by atoms with Gasteiger partial charge >= 0.3 is 0 Å². The third kappa shape index (κ3) is 3.28. The lowest BCUT2D eigenvalue weighted by Gasteiger charge is -2.38. The number of aliphatic hydroxyl groups excluding tert-OH is 1. The Labute approximate surface area is 81.7 Å². The number of hydrogen-bond donors (Lipinski definition) is 2. The maximum atomic E-state index is 8.73. The van der Waals surface area contributed by atoms with Crippen molar-refractivity contribution in [3.05, 3.63) is 0 Å². The Morgan fingerprint density at radius 1 is 1.31 bits per heavy atom. The number of hydrogen-bond acceptors (Lipinski definition) is 2. The standard InChI is InChI=1S/C11H23NO/c1-2-11(8-4-6-10-13)7-3-5-9-12-11/h12-13H,2-10H2,1H3. The zero-order valence-electron chi connectivity index (χ0n) is 8.81. The van der Waals surface area contributed by atoms with Gasteiger partial charge in [-0.2, -0.15) is 0 Å². The molecular formula is C11H23NO. The highest BCUT2D eigenvalue weighted by Gasteiger charge is 2.28. The fourth-order valence-corrected chi connectivity index (χ4v) is 2.30. The van der Waals surface area contributed by atoms with Crippen molar-refractivity contribution in [3.8, 4) is 0 Å². The molecular weight excluding hydrogens is 162 g/mol. The second kappa shape index (κ2) is 5.61. The molecule has 0 bridgehead atoms. The number of unbranched alkanes of at least 4 members (excludes halogenated alkanes) is 1. The molecule has 0 aromatic carbocycles. The van der Waals surface area contributed by atoms with Crippen LogP contribution >= 0.6 is 0 Å². The van der Waals surface area contributed by atoms with E-state index in [4.69, 9.17) is 5.11 Å². The van der Waals surface area contributed by atoms with Crippen molar-refractivity contribution in [1.82, 2.24) is 5.32 Å². The molecule has 1 aliphatic heterocycles. The van der Waals surface area contributed by atoms with Crippen LogP contribution in [0.25, 0.3) is 0 Å². The molecule has 2 N–H and O–H groups in total.